The van der Waals surface area contributed by atoms with Crippen LogP contribution in [0.4, 0.5) is 19.0 Å². The average Bonchev–Trinajstić information content (AvgIpc) is 3.22. The number of rotatable bonds is 5. The van der Waals surface area contributed by atoms with Gasteiger partial charge in [-0.1, -0.05) is 24.3 Å². The lowest BCUT2D eigenvalue weighted by Crippen LogP contribution is -2.05. The molecule has 0 unspecified atom stereocenters. The van der Waals surface area contributed by atoms with Gasteiger partial charge >= 0.3 is 6.18 Å². The summed E-state index contributed by atoms with van der Waals surface area (Å²) in [5.41, 5.74) is 9.57. The third-order valence-corrected chi connectivity index (χ3v) is 4.93. The molecule has 0 radical (unpaired) electrons. The Morgan fingerprint density at radius 2 is 1.68 bits per heavy atom. The van der Waals surface area contributed by atoms with E-state index in [1.165, 1.54) is 12.1 Å². The van der Waals surface area contributed by atoms with E-state index < -0.39 is 11.7 Å². The molecule has 5 nitrogen and oxygen atoms in total. The molecule has 2 aromatic heterocycles. The number of aromatic nitrogens is 3. The van der Waals surface area contributed by atoms with Crippen LogP contribution in [-0.2, 0) is 12.7 Å². The smallest absolute Gasteiger partial charge is 0.416 e. The third kappa shape index (κ3) is 4.37. The molecule has 0 fully saturated rings. The summed E-state index contributed by atoms with van der Waals surface area (Å²) in [6.07, 6.45) is 0.812. The quantitative estimate of drug-likeness (QED) is 0.474. The molecule has 8 heteroatoms. The van der Waals surface area contributed by atoms with Crippen LogP contribution in [-0.4, -0.2) is 21.9 Å². The van der Waals surface area contributed by atoms with E-state index in [4.69, 9.17) is 10.5 Å². The van der Waals surface area contributed by atoms with Crippen LogP contribution in [0.5, 0.6) is 5.75 Å². The predicted octanol–water partition coefficient (Wildman–Crippen LogP) is 5.27. The summed E-state index contributed by atoms with van der Waals surface area (Å²) < 4.78 is 45.1. The van der Waals surface area contributed by atoms with Crippen LogP contribution in [0, 0.1) is 0 Å². The Balaban J connectivity index is 1.63. The molecule has 0 atom stereocenters. The van der Waals surface area contributed by atoms with Crippen molar-refractivity contribution in [3.8, 4) is 28.0 Å². The molecule has 0 aliphatic rings. The Labute approximate surface area is 176 Å². The molecule has 0 saturated heterocycles. The number of methoxy groups -OCH3 is 1. The lowest BCUT2D eigenvalue weighted by molar-refractivity contribution is -0.137. The van der Waals surface area contributed by atoms with Crippen LogP contribution in [0.25, 0.3) is 22.3 Å². The Morgan fingerprint density at radius 1 is 0.968 bits per heavy atom. The Kier molecular flexibility index (Phi) is 5.37. The molecule has 0 aliphatic carbocycles. The first-order chi connectivity index (χ1) is 14.8. The highest BCUT2D eigenvalue weighted by Crippen LogP contribution is 2.36. The number of nitrogens with two attached hydrogens (primary N) is 1. The molecule has 0 saturated carbocycles. The molecule has 0 spiro atoms. The average molecular weight is 424 g/mol. The number of anilines is 1. The SMILES string of the molecule is COc1ccc(-c2c(-c3cnn(Cc4ccc(C(F)(F)F)cc4)c3)ccnc2N)cc1. The fraction of sp³-hybridized carbons (Fsp3) is 0.130. The van der Waals surface area contributed by atoms with E-state index in [2.05, 4.69) is 10.1 Å². The number of ether oxygens (including phenoxy) is 1. The summed E-state index contributed by atoms with van der Waals surface area (Å²) in [6.45, 7) is 0.344. The van der Waals surface area contributed by atoms with Gasteiger partial charge in [0.1, 0.15) is 11.6 Å². The van der Waals surface area contributed by atoms with Crippen LogP contribution in [0.3, 0.4) is 0 Å². The highest BCUT2D eigenvalue weighted by Gasteiger charge is 2.29. The van der Waals surface area contributed by atoms with Gasteiger partial charge in [-0.25, -0.2) is 4.98 Å². The van der Waals surface area contributed by atoms with Crippen molar-refractivity contribution in [1.82, 2.24) is 14.8 Å². The fourth-order valence-corrected chi connectivity index (χ4v) is 3.35. The summed E-state index contributed by atoms with van der Waals surface area (Å²) in [6, 6.07) is 14.4. The first-order valence-corrected chi connectivity index (χ1v) is 9.43. The lowest BCUT2D eigenvalue weighted by atomic mass is 9.97. The highest BCUT2D eigenvalue weighted by atomic mass is 19.4. The van der Waals surface area contributed by atoms with Crippen molar-refractivity contribution in [2.24, 2.45) is 0 Å². The van der Waals surface area contributed by atoms with Gasteiger partial charge in [0, 0.05) is 23.5 Å². The van der Waals surface area contributed by atoms with E-state index in [1.54, 1.807) is 24.2 Å². The molecule has 158 valence electrons. The van der Waals surface area contributed by atoms with Gasteiger partial charge in [0.05, 0.1) is 25.4 Å². The van der Waals surface area contributed by atoms with Crippen molar-refractivity contribution in [1.29, 1.82) is 0 Å². The lowest BCUT2D eigenvalue weighted by Gasteiger charge is -2.11. The second-order valence-electron chi connectivity index (χ2n) is 6.97. The van der Waals surface area contributed by atoms with Crippen molar-refractivity contribution in [2.45, 2.75) is 12.7 Å². The summed E-state index contributed by atoms with van der Waals surface area (Å²) in [5, 5.41) is 4.36. The monoisotopic (exact) mass is 424 g/mol. The third-order valence-electron chi connectivity index (χ3n) is 4.93. The van der Waals surface area contributed by atoms with Gasteiger partial charge < -0.3 is 10.5 Å². The number of benzene rings is 2. The number of pyridine rings is 1. The number of hydrogen-bond acceptors (Lipinski definition) is 4. The van der Waals surface area contributed by atoms with Gasteiger partial charge in [0.2, 0.25) is 0 Å². The van der Waals surface area contributed by atoms with Gasteiger partial charge in [-0.2, -0.15) is 18.3 Å². The maximum absolute atomic E-state index is 12.8. The number of hydrogen-bond donors (Lipinski definition) is 1. The first kappa shape index (κ1) is 20.5. The largest absolute Gasteiger partial charge is 0.497 e. The molecule has 31 heavy (non-hydrogen) atoms. The fourth-order valence-electron chi connectivity index (χ4n) is 3.35. The minimum atomic E-state index is -4.35. The summed E-state index contributed by atoms with van der Waals surface area (Å²) in [4.78, 5) is 4.21. The van der Waals surface area contributed by atoms with Crippen molar-refractivity contribution < 1.29 is 17.9 Å². The molecule has 2 heterocycles. The van der Waals surface area contributed by atoms with Crippen molar-refractivity contribution in [3.05, 3.63) is 84.3 Å². The first-order valence-electron chi connectivity index (χ1n) is 9.43. The molecule has 2 aromatic carbocycles. The van der Waals surface area contributed by atoms with E-state index in [0.29, 0.717) is 17.9 Å². The van der Waals surface area contributed by atoms with Crippen LogP contribution >= 0.6 is 0 Å². The van der Waals surface area contributed by atoms with Crippen molar-refractivity contribution in [2.75, 3.05) is 12.8 Å². The summed E-state index contributed by atoms with van der Waals surface area (Å²) in [7, 11) is 1.60. The van der Waals surface area contributed by atoms with Gasteiger partial charge in [0.15, 0.2) is 0 Å². The molecule has 0 aliphatic heterocycles. The number of alkyl halides is 3. The zero-order chi connectivity index (χ0) is 22.0. The molecule has 2 N–H and O–H groups in total. The van der Waals surface area contributed by atoms with Gasteiger partial charge in [-0.15, -0.1) is 0 Å². The maximum Gasteiger partial charge on any atom is 0.416 e. The standard InChI is InChI=1S/C23H19F3N4O/c1-31-19-8-4-16(5-9-19)21-20(10-11-28-22(21)27)17-12-29-30(14-17)13-15-2-6-18(7-3-15)23(24,25)26/h2-12,14H,13H2,1H3,(H2,27,28). The topological polar surface area (TPSA) is 66.0 Å². The zero-order valence-electron chi connectivity index (χ0n) is 16.6. The minimum absolute atomic E-state index is 0.344. The Morgan fingerprint density at radius 3 is 2.32 bits per heavy atom. The van der Waals surface area contributed by atoms with Crippen LogP contribution in [0.1, 0.15) is 11.1 Å². The summed E-state index contributed by atoms with van der Waals surface area (Å²) >= 11 is 0. The van der Waals surface area contributed by atoms with Gasteiger partial charge in [-0.05, 0) is 47.0 Å². The maximum atomic E-state index is 12.8. The number of nitrogen functional groups attached to an aromatic ring is 1. The van der Waals surface area contributed by atoms with E-state index in [-0.39, 0.29) is 0 Å². The van der Waals surface area contributed by atoms with E-state index in [9.17, 15) is 13.2 Å². The molecule has 0 bridgehead atoms. The number of nitrogens with zero attached hydrogens (tertiary/aromatic N) is 3. The van der Waals surface area contributed by atoms with Gasteiger partial charge in [-0.3, -0.25) is 4.68 Å². The van der Waals surface area contributed by atoms with E-state index in [0.717, 1.165) is 40.1 Å². The van der Waals surface area contributed by atoms with Gasteiger partial charge in [0.25, 0.3) is 0 Å². The second kappa shape index (κ2) is 8.14. The van der Waals surface area contributed by atoms with Crippen LogP contribution < -0.4 is 10.5 Å². The Bertz CT molecular complexity index is 1180. The molecule has 0 amide bonds. The van der Waals surface area contributed by atoms with Crippen molar-refractivity contribution >= 4 is 5.82 Å². The molecular weight excluding hydrogens is 405 g/mol. The van der Waals surface area contributed by atoms with Crippen molar-refractivity contribution in [3.63, 3.8) is 0 Å². The minimum Gasteiger partial charge on any atom is -0.497 e. The highest BCUT2D eigenvalue weighted by molar-refractivity contribution is 5.89. The predicted molar refractivity (Wildman–Crippen MR) is 112 cm³/mol. The Hall–Kier alpha value is -3.81. The van der Waals surface area contributed by atoms with E-state index >= 15 is 0 Å². The number of halogens is 3. The van der Waals surface area contributed by atoms with Crippen LogP contribution in [0.2, 0.25) is 0 Å². The molecular formula is C23H19F3N4O. The normalized spacial score (nSPS) is 11.5. The van der Waals surface area contributed by atoms with E-state index in [1.807, 2.05) is 36.5 Å². The van der Waals surface area contributed by atoms with Crippen LogP contribution in [0.15, 0.2) is 73.2 Å². The zero-order valence-corrected chi connectivity index (χ0v) is 16.6. The molecule has 4 aromatic rings. The second-order valence-corrected chi connectivity index (χ2v) is 6.97. The summed E-state index contributed by atoms with van der Waals surface area (Å²) in [5.74, 6) is 1.12. The molecule has 4 rings (SSSR count).